The second-order valence-electron chi connectivity index (χ2n) is 7.02. The van der Waals surface area contributed by atoms with Crippen molar-refractivity contribution >= 4 is 15.7 Å². The number of nitrogens with zero attached hydrogens (tertiary/aromatic N) is 1. The van der Waals surface area contributed by atoms with Gasteiger partial charge in [-0.3, -0.25) is 0 Å². The molecule has 2 atom stereocenters. The molecule has 0 spiro atoms. The summed E-state index contributed by atoms with van der Waals surface area (Å²) in [5.74, 6) is 0. The number of anilines is 1. The van der Waals surface area contributed by atoms with Crippen molar-refractivity contribution in [3.63, 3.8) is 0 Å². The van der Waals surface area contributed by atoms with Gasteiger partial charge in [-0.25, -0.2) is 13.1 Å². The van der Waals surface area contributed by atoms with Crippen LogP contribution in [0.2, 0.25) is 0 Å². The van der Waals surface area contributed by atoms with Gasteiger partial charge in [-0.15, -0.1) is 0 Å². The highest BCUT2D eigenvalue weighted by molar-refractivity contribution is 7.89. The number of hydrogen-bond donors (Lipinski definition) is 1. The zero-order chi connectivity index (χ0) is 18.6. The molecule has 26 heavy (non-hydrogen) atoms. The van der Waals surface area contributed by atoms with E-state index in [2.05, 4.69) is 47.7 Å². The highest BCUT2D eigenvalue weighted by atomic mass is 32.2. The van der Waals surface area contributed by atoms with Gasteiger partial charge in [0.05, 0.1) is 4.90 Å². The van der Waals surface area contributed by atoms with Gasteiger partial charge in [0.1, 0.15) is 0 Å². The maximum Gasteiger partial charge on any atom is 0.240 e. The smallest absolute Gasteiger partial charge is 0.240 e. The SMILES string of the molecule is CCN(c1cccc(C)c1)[C@H]1CCCC[C@H]1NS(=O)(=O)c1ccccc1. The zero-order valence-corrected chi connectivity index (χ0v) is 16.4. The second kappa shape index (κ2) is 8.23. The summed E-state index contributed by atoms with van der Waals surface area (Å²) in [5, 5.41) is 0. The van der Waals surface area contributed by atoms with Crippen molar-refractivity contribution in [3.8, 4) is 0 Å². The summed E-state index contributed by atoms with van der Waals surface area (Å²) in [5.41, 5.74) is 2.39. The lowest BCUT2D eigenvalue weighted by molar-refractivity contribution is 0.345. The standard InChI is InChI=1S/C21H28N2O2S/c1-3-23(18-11-9-10-17(2)16-18)21-15-8-7-14-20(21)22-26(24,25)19-12-5-4-6-13-19/h4-6,9-13,16,20-22H,3,7-8,14-15H2,1-2H3/t20-,21+/m1/s1. The van der Waals surface area contributed by atoms with Crippen LogP contribution >= 0.6 is 0 Å². The Balaban J connectivity index is 1.85. The van der Waals surface area contributed by atoms with Crippen LogP contribution in [0.5, 0.6) is 0 Å². The van der Waals surface area contributed by atoms with Crippen molar-refractivity contribution in [2.45, 2.75) is 56.5 Å². The summed E-state index contributed by atoms with van der Waals surface area (Å²) in [4.78, 5) is 2.69. The Morgan fingerprint density at radius 1 is 1.04 bits per heavy atom. The molecule has 5 heteroatoms. The Morgan fingerprint density at radius 2 is 1.77 bits per heavy atom. The van der Waals surface area contributed by atoms with Gasteiger partial charge in [0.2, 0.25) is 10.0 Å². The fourth-order valence-electron chi connectivity index (χ4n) is 3.90. The van der Waals surface area contributed by atoms with Crippen molar-refractivity contribution in [1.82, 2.24) is 4.72 Å². The molecule has 0 heterocycles. The van der Waals surface area contributed by atoms with Gasteiger partial charge < -0.3 is 4.90 Å². The van der Waals surface area contributed by atoms with Crippen LogP contribution in [0, 0.1) is 6.92 Å². The Labute approximate surface area is 157 Å². The first kappa shape index (κ1) is 18.9. The molecular weight excluding hydrogens is 344 g/mol. The van der Waals surface area contributed by atoms with Gasteiger partial charge in [-0.2, -0.15) is 0 Å². The number of rotatable bonds is 6. The van der Waals surface area contributed by atoms with Crippen LogP contribution in [0.15, 0.2) is 59.5 Å². The van der Waals surface area contributed by atoms with Crippen molar-refractivity contribution in [2.75, 3.05) is 11.4 Å². The van der Waals surface area contributed by atoms with Crippen molar-refractivity contribution in [1.29, 1.82) is 0 Å². The van der Waals surface area contributed by atoms with Crippen molar-refractivity contribution < 1.29 is 8.42 Å². The molecular formula is C21H28N2O2S. The number of sulfonamides is 1. The molecule has 1 N–H and O–H groups in total. The van der Waals surface area contributed by atoms with Gasteiger partial charge in [-0.1, -0.05) is 43.2 Å². The summed E-state index contributed by atoms with van der Waals surface area (Å²) < 4.78 is 28.6. The average molecular weight is 373 g/mol. The third kappa shape index (κ3) is 4.27. The van der Waals surface area contributed by atoms with Crippen LogP contribution in [0.3, 0.4) is 0 Å². The quantitative estimate of drug-likeness (QED) is 0.830. The van der Waals surface area contributed by atoms with E-state index in [1.165, 1.54) is 11.3 Å². The molecule has 0 aliphatic heterocycles. The molecule has 1 aliphatic rings. The fraction of sp³-hybridized carbons (Fsp3) is 0.429. The largest absolute Gasteiger partial charge is 0.367 e. The highest BCUT2D eigenvalue weighted by Crippen LogP contribution is 2.29. The van der Waals surface area contributed by atoms with Gasteiger partial charge in [0, 0.05) is 24.3 Å². The number of aryl methyl sites for hydroxylation is 1. The molecule has 0 radical (unpaired) electrons. The summed E-state index contributed by atoms with van der Waals surface area (Å²) in [6.45, 7) is 5.09. The van der Waals surface area contributed by atoms with Crippen molar-refractivity contribution in [2.24, 2.45) is 0 Å². The van der Waals surface area contributed by atoms with Gasteiger partial charge in [0.25, 0.3) is 0 Å². The first-order valence-corrected chi connectivity index (χ1v) is 10.9. The van der Waals surface area contributed by atoms with E-state index in [9.17, 15) is 8.42 Å². The minimum absolute atomic E-state index is 0.0746. The van der Waals surface area contributed by atoms with E-state index in [1.54, 1.807) is 24.3 Å². The summed E-state index contributed by atoms with van der Waals surface area (Å²) in [6, 6.07) is 17.2. The summed E-state index contributed by atoms with van der Waals surface area (Å²) in [7, 11) is -3.50. The molecule has 1 fully saturated rings. The molecule has 0 unspecified atom stereocenters. The first-order chi connectivity index (χ1) is 12.5. The minimum Gasteiger partial charge on any atom is -0.367 e. The predicted molar refractivity (Wildman–Crippen MR) is 107 cm³/mol. The Hall–Kier alpha value is -1.85. The van der Waals surface area contributed by atoms with Gasteiger partial charge >= 0.3 is 0 Å². The van der Waals surface area contributed by atoms with Crippen LogP contribution in [-0.4, -0.2) is 27.0 Å². The predicted octanol–water partition coefficient (Wildman–Crippen LogP) is 4.11. The summed E-state index contributed by atoms with van der Waals surface area (Å²) in [6.07, 6.45) is 4.07. The van der Waals surface area contributed by atoms with E-state index in [0.717, 1.165) is 32.2 Å². The topological polar surface area (TPSA) is 49.4 Å². The molecule has 0 aromatic heterocycles. The summed E-state index contributed by atoms with van der Waals surface area (Å²) >= 11 is 0. The van der Waals surface area contributed by atoms with E-state index < -0.39 is 10.0 Å². The molecule has 1 saturated carbocycles. The van der Waals surface area contributed by atoms with Crippen LogP contribution in [0.25, 0.3) is 0 Å². The van der Waals surface area contributed by atoms with E-state index in [0.29, 0.717) is 4.90 Å². The third-order valence-electron chi connectivity index (χ3n) is 5.16. The van der Waals surface area contributed by atoms with Crippen LogP contribution in [0.1, 0.15) is 38.2 Å². The molecule has 3 rings (SSSR count). The lowest BCUT2D eigenvalue weighted by atomic mass is 9.89. The number of likely N-dealkylation sites (N-methyl/N-ethyl adjacent to an activating group) is 1. The normalized spacial score (nSPS) is 20.7. The molecule has 2 aromatic rings. The second-order valence-corrected chi connectivity index (χ2v) is 8.73. The monoisotopic (exact) mass is 372 g/mol. The van der Waals surface area contributed by atoms with Crippen molar-refractivity contribution in [3.05, 3.63) is 60.2 Å². The molecule has 2 aromatic carbocycles. The van der Waals surface area contributed by atoms with E-state index in [1.807, 2.05) is 6.07 Å². The van der Waals surface area contributed by atoms with Crippen LogP contribution in [0.4, 0.5) is 5.69 Å². The molecule has 1 aliphatic carbocycles. The average Bonchev–Trinajstić information content (AvgIpc) is 2.64. The fourth-order valence-corrected chi connectivity index (χ4v) is 5.23. The first-order valence-electron chi connectivity index (χ1n) is 9.42. The Morgan fingerprint density at radius 3 is 2.46 bits per heavy atom. The Kier molecular flexibility index (Phi) is 5.99. The highest BCUT2D eigenvalue weighted by Gasteiger charge is 2.33. The molecule has 140 valence electrons. The Bertz CT molecular complexity index is 821. The van der Waals surface area contributed by atoms with Gasteiger partial charge in [-0.05, 0) is 56.5 Å². The molecule has 0 amide bonds. The lowest BCUT2D eigenvalue weighted by Crippen LogP contribution is -2.53. The van der Waals surface area contributed by atoms with E-state index in [4.69, 9.17) is 0 Å². The molecule has 0 saturated heterocycles. The molecule has 0 bridgehead atoms. The number of nitrogens with one attached hydrogen (secondary N) is 1. The van der Waals surface area contributed by atoms with Crippen LogP contribution in [-0.2, 0) is 10.0 Å². The number of benzene rings is 2. The number of hydrogen-bond acceptors (Lipinski definition) is 3. The minimum atomic E-state index is -3.50. The maximum absolute atomic E-state index is 12.8. The van der Waals surface area contributed by atoms with Gasteiger partial charge in [0.15, 0.2) is 0 Å². The van der Waals surface area contributed by atoms with Crippen LogP contribution < -0.4 is 9.62 Å². The third-order valence-corrected chi connectivity index (χ3v) is 6.67. The lowest BCUT2D eigenvalue weighted by Gasteiger charge is -2.41. The van der Waals surface area contributed by atoms with E-state index >= 15 is 0 Å². The zero-order valence-electron chi connectivity index (χ0n) is 15.6. The maximum atomic E-state index is 12.8. The van der Waals surface area contributed by atoms with E-state index in [-0.39, 0.29) is 12.1 Å². The molecule has 4 nitrogen and oxygen atoms in total.